The molecule has 0 aromatic heterocycles. The molecule has 0 aliphatic heterocycles. The van der Waals surface area contributed by atoms with Crippen LogP contribution in [0.2, 0.25) is 20.1 Å². The van der Waals surface area contributed by atoms with Crippen LogP contribution >= 0.6 is 46.4 Å². The Balaban J connectivity index is 2.05. The first-order valence-electron chi connectivity index (χ1n) is 6.84. The summed E-state index contributed by atoms with van der Waals surface area (Å²) in [5, 5.41) is 7.67. The van der Waals surface area contributed by atoms with Crippen molar-refractivity contribution in [3.05, 3.63) is 62.1 Å². The van der Waals surface area contributed by atoms with Crippen LogP contribution in [0.1, 0.15) is 12.5 Å². The molecule has 2 N–H and O–H groups in total. The number of hydrazone groups is 1. The van der Waals surface area contributed by atoms with Crippen molar-refractivity contribution in [2.24, 2.45) is 5.10 Å². The molecule has 25 heavy (non-hydrogen) atoms. The Morgan fingerprint density at radius 2 is 1.52 bits per heavy atom. The van der Waals surface area contributed by atoms with Crippen molar-refractivity contribution in [2.45, 2.75) is 6.92 Å². The fourth-order valence-corrected chi connectivity index (χ4v) is 2.68. The second-order valence-electron chi connectivity index (χ2n) is 4.84. The van der Waals surface area contributed by atoms with Crippen LogP contribution in [0.3, 0.4) is 0 Å². The van der Waals surface area contributed by atoms with Gasteiger partial charge in [-0.3, -0.25) is 9.59 Å². The maximum Gasteiger partial charge on any atom is 0.329 e. The van der Waals surface area contributed by atoms with Crippen molar-refractivity contribution in [1.82, 2.24) is 5.43 Å². The highest BCUT2D eigenvalue weighted by Crippen LogP contribution is 2.25. The van der Waals surface area contributed by atoms with E-state index in [9.17, 15) is 9.59 Å². The summed E-state index contributed by atoms with van der Waals surface area (Å²) in [4.78, 5) is 23.8. The summed E-state index contributed by atoms with van der Waals surface area (Å²) in [7, 11) is 0. The molecule has 5 nitrogen and oxygen atoms in total. The molecular formula is C16H11Cl4N3O2. The van der Waals surface area contributed by atoms with E-state index in [0.717, 1.165) is 0 Å². The van der Waals surface area contributed by atoms with E-state index < -0.39 is 11.8 Å². The Labute approximate surface area is 163 Å². The second-order valence-corrected chi connectivity index (χ2v) is 6.53. The lowest BCUT2D eigenvalue weighted by Gasteiger charge is -2.07. The number of nitrogens with zero attached hydrogens (tertiary/aromatic N) is 1. The number of benzene rings is 2. The Morgan fingerprint density at radius 3 is 2.20 bits per heavy atom. The Hall–Kier alpha value is -1.79. The third kappa shape index (κ3) is 5.34. The van der Waals surface area contributed by atoms with Gasteiger partial charge in [0.2, 0.25) is 0 Å². The van der Waals surface area contributed by atoms with Crippen molar-refractivity contribution in [2.75, 3.05) is 5.32 Å². The van der Waals surface area contributed by atoms with Crippen LogP contribution in [0.25, 0.3) is 0 Å². The summed E-state index contributed by atoms with van der Waals surface area (Å²) in [6.45, 7) is 1.63. The maximum absolute atomic E-state index is 11.9. The third-order valence-corrected chi connectivity index (χ3v) is 4.14. The Morgan fingerprint density at radius 1 is 0.880 bits per heavy atom. The lowest BCUT2D eigenvalue weighted by atomic mass is 10.1. The monoisotopic (exact) mass is 417 g/mol. The lowest BCUT2D eigenvalue weighted by Crippen LogP contribution is -2.33. The molecule has 130 valence electrons. The van der Waals surface area contributed by atoms with E-state index in [0.29, 0.717) is 26.3 Å². The minimum atomic E-state index is -0.972. The topological polar surface area (TPSA) is 70.6 Å². The molecule has 0 radical (unpaired) electrons. The predicted molar refractivity (Wildman–Crippen MR) is 102 cm³/mol. The fourth-order valence-electron chi connectivity index (χ4n) is 1.80. The van der Waals surface area contributed by atoms with E-state index in [1.165, 1.54) is 12.1 Å². The van der Waals surface area contributed by atoms with Crippen LogP contribution in [0.15, 0.2) is 41.5 Å². The van der Waals surface area contributed by atoms with Gasteiger partial charge in [-0.25, -0.2) is 5.43 Å². The highest BCUT2D eigenvalue weighted by Gasteiger charge is 2.15. The summed E-state index contributed by atoms with van der Waals surface area (Å²) >= 11 is 23.6. The van der Waals surface area contributed by atoms with Crippen molar-refractivity contribution < 1.29 is 9.59 Å². The summed E-state index contributed by atoms with van der Waals surface area (Å²) in [6.07, 6.45) is 0. The zero-order valence-electron chi connectivity index (χ0n) is 12.7. The van der Waals surface area contributed by atoms with Gasteiger partial charge in [0.25, 0.3) is 0 Å². The van der Waals surface area contributed by atoms with Crippen LogP contribution in [0, 0.1) is 0 Å². The summed E-state index contributed by atoms with van der Waals surface area (Å²) in [5.41, 5.74) is 3.34. The van der Waals surface area contributed by atoms with Gasteiger partial charge >= 0.3 is 11.8 Å². The smallest absolute Gasteiger partial charge is 0.316 e. The van der Waals surface area contributed by atoms with Crippen LogP contribution in [0.5, 0.6) is 0 Å². The quantitative estimate of drug-likeness (QED) is 0.427. The lowest BCUT2D eigenvalue weighted by molar-refractivity contribution is -0.136. The van der Waals surface area contributed by atoms with Crippen molar-refractivity contribution in [3.8, 4) is 0 Å². The molecule has 0 atom stereocenters. The standard InChI is InChI=1S/C16H11Cl4N3O2/c1-8(11-4-2-9(17)6-13(11)20)22-23-16(25)15(24)21-14-7-10(18)3-5-12(14)19/h2-7H,1H3,(H,21,24)(H,23,25)/b22-8+. The number of carbonyl (C=O) groups excluding carboxylic acids is 2. The average molecular weight is 419 g/mol. The molecule has 0 fully saturated rings. The normalized spacial score (nSPS) is 11.2. The van der Waals surface area contributed by atoms with E-state index in [-0.39, 0.29) is 10.7 Å². The summed E-state index contributed by atoms with van der Waals surface area (Å²) < 4.78 is 0. The average Bonchev–Trinajstić information content (AvgIpc) is 2.55. The van der Waals surface area contributed by atoms with Gasteiger partial charge < -0.3 is 5.32 Å². The number of rotatable bonds is 3. The number of nitrogens with one attached hydrogen (secondary N) is 2. The number of carbonyl (C=O) groups is 2. The highest BCUT2D eigenvalue weighted by molar-refractivity contribution is 6.42. The van der Waals surface area contributed by atoms with Crippen molar-refractivity contribution >= 4 is 69.6 Å². The van der Waals surface area contributed by atoms with Gasteiger partial charge in [0.1, 0.15) is 0 Å². The third-order valence-electron chi connectivity index (χ3n) is 3.03. The molecule has 0 saturated heterocycles. The van der Waals surface area contributed by atoms with E-state index in [1.807, 2.05) is 0 Å². The van der Waals surface area contributed by atoms with Gasteiger partial charge in [0, 0.05) is 15.6 Å². The molecule has 0 saturated carbocycles. The number of hydrogen-bond donors (Lipinski definition) is 2. The van der Waals surface area contributed by atoms with E-state index in [1.54, 1.807) is 31.2 Å². The van der Waals surface area contributed by atoms with E-state index in [4.69, 9.17) is 46.4 Å². The molecule has 0 aliphatic rings. The van der Waals surface area contributed by atoms with Crippen molar-refractivity contribution in [3.63, 3.8) is 0 Å². The molecule has 0 bridgehead atoms. The minimum absolute atomic E-state index is 0.218. The summed E-state index contributed by atoms with van der Waals surface area (Å²) in [6, 6.07) is 9.33. The first-order chi connectivity index (χ1) is 11.8. The fraction of sp³-hybridized carbons (Fsp3) is 0.0625. The minimum Gasteiger partial charge on any atom is -0.316 e. The Kier molecular flexibility index (Phi) is 6.67. The van der Waals surface area contributed by atoms with E-state index in [2.05, 4.69) is 15.8 Å². The number of anilines is 1. The molecular weight excluding hydrogens is 408 g/mol. The SMILES string of the molecule is C/C(=N\NC(=O)C(=O)Nc1cc(Cl)ccc1Cl)c1ccc(Cl)cc1Cl. The van der Waals surface area contributed by atoms with Crippen LogP contribution in [0.4, 0.5) is 5.69 Å². The zero-order chi connectivity index (χ0) is 18.6. The predicted octanol–water partition coefficient (Wildman–Crippen LogP) is 4.78. The molecule has 2 aromatic carbocycles. The van der Waals surface area contributed by atoms with Crippen LogP contribution in [-0.4, -0.2) is 17.5 Å². The van der Waals surface area contributed by atoms with Gasteiger partial charge in [0.05, 0.1) is 21.4 Å². The molecule has 0 unspecified atom stereocenters. The molecule has 0 spiro atoms. The highest BCUT2D eigenvalue weighted by atomic mass is 35.5. The van der Waals surface area contributed by atoms with Gasteiger partial charge in [-0.2, -0.15) is 5.10 Å². The van der Waals surface area contributed by atoms with Gasteiger partial charge in [0.15, 0.2) is 0 Å². The van der Waals surface area contributed by atoms with Gasteiger partial charge in [-0.05, 0) is 37.3 Å². The molecule has 2 rings (SSSR count). The molecule has 0 heterocycles. The van der Waals surface area contributed by atoms with Crippen LogP contribution in [-0.2, 0) is 9.59 Å². The number of hydrogen-bond acceptors (Lipinski definition) is 3. The molecule has 2 amide bonds. The van der Waals surface area contributed by atoms with Gasteiger partial charge in [-0.15, -0.1) is 0 Å². The molecule has 2 aromatic rings. The maximum atomic E-state index is 11.9. The van der Waals surface area contributed by atoms with Crippen molar-refractivity contribution in [1.29, 1.82) is 0 Å². The largest absolute Gasteiger partial charge is 0.329 e. The first-order valence-corrected chi connectivity index (χ1v) is 8.35. The molecule has 9 heteroatoms. The first kappa shape index (κ1) is 19.5. The van der Waals surface area contributed by atoms with Crippen LogP contribution < -0.4 is 10.7 Å². The Bertz CT molecular complexity index is 868. The number of amides is 2. The molecule has 0 aliphatic carbocycles. The number of halogens is 4. The second kappa shape index (κ2) is 8.54. The summed E-state index contributed by atoms with van der Waals surface area (Å²) in [5.74, 6) is -1.91. The van der Waals surface area contributed by atoms with E-state index >= 15 is 0 Å². The zero-order valence-corrected chi connectivity index (χ0v) is 15.8. The van der Waals surface area contributed by atoms with Gasteiger partial charge in [-0.1, -0.05) is 52.5 Å².